The van der Waals surface area contributed by atoms with Gasteiger partial charge in [0, 0.05) is 18.6 Å². The van der Waals surface area contributed by atoms with Crippen LogP contribution in [0.4, 0.5) is 13.2 Å². The Hall–Kier alpha value is -0.290. The van der Waals surface area contributed by atoms with Crippen LogP contribution < -0.4 is 5.32 Å². The molecule has 1 unspecified atom stereocenters. The Bertz CT molecular complexity index is 186. The van der Waals surface area contributed by atoms with Crippen LogP contribution in [0.15, 0.2) is 0 Å². The monoisotopic (exact) mass is 224 g/mol. The number of hydrogen-bond acceptors (Lipinski definition) is 2. The summed E-state index contributed by atoms with van der Waals surface area (Å²) >= 11 is 0. The fourth-order valence-corrected chi connectivity index (χ4v) is 1.97. The van der Waals surface area contributed by atoms with Crippen molar-refractivity contribution in [2.75, 3.05) is 19.6 Å². The SMILES string of the molecule is CC(C)(C)N1CCCNCC1C(F)(F)F. The van der Waals surface area contributed by atoms with E-state index in [1.54, 1.807) is 4.90 Å². The highest BCUT2D eigenvalue weighted by molar-refractivity contribution is 4.90. The summed E-state index contributed by atoms with van der Waals surface area (Å²) in [5, 5.41) is 2.84. The van der Waals surface area contributed by atoms with Crippen molar-refractivity contribution in [3.05, 3.63) is 0 Å². The summed E-state index contributed by atoms with van der Waals surface area (Å²) in [6, 6.07) is -1.36. The fourth-order valence-electron chi connectivity index (χ4n) is 1.97. The molecule has 1 rings (SSSR count). The van der Waals surface area contributed by atoms with Crippen LogP contribution in [0.5, 0.6) is 0 Å². The molecule has 1 aliphatic rings. The predicted molar refractivity (Wildman–Crippen MR) is 53.8 cm³/mol. The van der Waals surface area contributed by atoms with Crippen molar-refractivity contribution in [3.63, 3.8) is 0 Å². The van der Waals surface area contributed by atoms with Gasteiger partial charge < -0.3 is 5.32 Å². The quantitative estimate of drug-likeness (QED) is 0.677. The maximum atomic E-state index is 12.8. The molecule has 1 saturated heterocycles. The molecule has 0 saturated carbocycles. The van der Waals surface area contributed by atoms with Crippen molar-refractivity contribution in [1.29, 1.82) is 0 Å². The topological polar surface area (TPSA) is 15.3 Å². The van der Waals surface area contributed by atoms with E-state index in [0.29, 0.717) is 13.1 Å². The first-order valence-electron chi connectivity index (χ1n) is 5.27. The average molecular weight is 224 g/mol. The molecular formula is C10H19F3N2. The molecule has 90 valence electrons. The molecule has 0 aliphatic carbocycles. The zero-order chi connectivity index (χ0) is 11.7. The molecular weight excluding hydrogens is 205 g/mol. The van der Waals surface area contributed by atoms with Crippen LogP contribution in [-0.4, -0.2) is 42.3 Å². The van der Waals surface area contributed by atoms with E-state index in [-0.39, 0.29) is 6.54 Å². The van der Waals surface area contributed by atoms with Crippen LogP contribution in [0.3, 0.4) is 0 Å². The molecule has 0 aromatic carbocycles. The van der Waals surface area contributed by atoms with Crippen molar-refractivity contribution < 1.29 is 13.2 Å². The highest BCUT2D eigenvalue weighted by Crippen LogP contribution is 2.30. The molecule has 0 aromatic rings. The number of nitrogens with one attached hydrogen (secondary N) is 1. The van der Waals surface area contributed by atoms with E-state index in [1.165, 1.54) is 0 Å². The van der Waals surface area contributed by atoms with E-state index in [0.717, 1.165) is 6.42 Å². The molecule has 0 aromatic heterocycles. The van der Waals surface area contributed by atoms with E-state index >= 15 is 0 Å². The minimum atomic E-state index is -4.15. The first kappa shape index (κ1) is 12.8. The van der Waals surface area contributed by atoms with E-state index in [1.807, 2.05) is 20.8 Å². The summed E-state index contributed by atoms with van der Waals surface area (Å²) < 4.78 is 38.5. The summed E-state index contributed by atoms with van der Waals surface area (Å²) in [5.41, 5.74) is -0.438. The maximum absolute atomic E-state index is 12.8. The third-order valence-corrected chi connectivity index (χ3v) is 2.71. The van der Waals surface area contributed by atoms with Gasteiger partial charge in [0.15, 0.2) is 0 Å². The van der Waals surface area contributed by atoms with Crippen LogP contribution in [0.25, 0.3) is 0 Å². The molecule has 5 heteroatoms. The molecule has 1 N–H and O–H groups in total. The highest BCUT2D eigenvalue weighted by atomic mass is 19.4. The van der Waals surface area contributed by atoms with Crippen molar-refractivity contribution in [1.82, 2.24) is 10.2 Å². The molecule has 15 heavy (non-hydrogen) atoms. The van der Waals surface area contributed by atoms with Gasteiger partial charge >= 0.3 is 6.18 Å². The van der Waals surface area contributed by atoms with Crippen LogP contribution in [-0.2, 0) is 0 Å². The largest absolute Gasteiger partial charge is 0.405 e. The Kier molecular flexibility index (Phi) is 3.66. The second-order valence-electron chi connectivity index (χ2n) is 4.98. The van der Waals surface area contributed by atoms with Gasteiger partial charge in [0.1, 0.15) is 6.04 Å². The molecule has 0 radical (unpaired) electrons. The Morgan fingerprint density at radius 2 is 1.80 bits per heavy atom. The van der Waals surface area contributed by atoms with Gasteiger partial charge in [-0.05, 0) is 33.7 Å². The second-order valence-corrected chi connectivity index (χ2v) is 4.98. The molecule has 0 bridgehead atoms. The lowest BCUT2D eigenvalue weighted by Crippen LogP contribution is -2.56. The number of rotatable bonds is 0. The van der Waals surface area contributed by atoms with E-state index in [4.69, 9.17) is 0 Å². The van der Waals surface area contributed by atoms with Gasteiger partial charge in [-0.1, -0.05) is 0 Å². The normalized spacial score (nSPS) is 26.4. The minimum absolute atomic E-state index is 0.000764. The maximum Gasteiger partial charge on any atom is 0.405 e. The van der Waals surface area contributed by atoms with Crippen LogP contribution in [0.1, 0.15) is 27.2 Å². The standard InChI is InChI=1S/C10H19F3N2/c1-9(2,3)15-6-4-5-14-7-8(15)10(11,12)13/h8,14H,4-7H2,1-3H3. The van der Waals surface area contributed by atoms with Crippen molar-refractivity contribution in [3.8, 4) is 0 Å². The van der Waals surface area contributed by atoms with Gasteiger partial charge in [0.05, 0.1) is 0 Å². The van der Waals surface area contributed by atoms with E-state index in [2.05, 4.69) is 5.32 Å². The van der Waals surface area contributed by atoms with E-state index in [9.17, 15) is 13.2 Å². The van der Waals surface area contributed by atoms with Gasteiger partial charge in [-0.25, -0.2) is 0 Å². The molecule has 1 fully saturated rings. The summed E-state index contributed by atoms with van der Waals surface area (Å²) in [5.74, 6) is 0. The number of nitrogens with zero attached hydrogens (tertiary/aromatic N) is 1. The number of alkyl halides is 3. The van der Waals surface area contributed by atoms with Crippen LogP contribution in [0.2, 0.25) is 0 Å². The van der Waals surface area contributed by atoms with Crippen LogP contribution >= 0.6 is 0 Å². The Morgan fingerprint density at radius 3 is 2.27 bits per heavy atom. The van der Waals surface area contributed by atoms with E-state index < -0.39 is 17.8 Å². The lowest BCUT2D eigenvalue weighted by atomic mass is 10.0. The molecule has 2 nitrogen and oxygen atoms in total. The van der Waals surface area contributed by atoms with Gasteiger partial charge in [-0.15, -0.1) is 0 Å². The Balaban J connectivity index is 2.86. The van der Waals surface area contributed by atoms with Gasteiger partial charge in [0.2, 0.25) is 0 Å². The summed E-state index contributed by atoms with van der Waals surface area (Å²) in [6.45, 7) is 6.66. The summed E-state index contributed by atoms with van der Waals surface area (Å²) in [7, 11) is 0. The molecule has 1 heterocycles. The third kappa shape index (κ3) is 3.34. The van der Waals surface area contributed by atoms with Crippen molar-refractivity contribution in [2.24, 2.45) is 0 Å². The lowest BCUT2D eigenvalue weighted by molar-refractivity contribution is -0.192. The minimum Gasteiger partial charge on any atom is -0.315 e. The molecule has 1 atom stereocenters. The molecule has 0 amide bonds. The van der Waals surface area contributed by atoms with Crippen molar-refractivity contribution >= 4 is 0 Å². The highest BCUT2D eigenvalue weighted by Gasteiger charge is 2.46. The Morgan fingerprint density at radius 1 is 1.20 bits per heavy atom. The fraction of sp³-hybridized carbons (Fsp3) is 1.00. The van der Waals surface area contributed by atoms with Gasteiger partial charge in [-0.3, -0.25) is 4.90 Å². The third-order valence-electron chi connectivity index (χ3n) is 2.71. The lowest BCUT2D eigenvalue weighted by Gasteiger charge is -2.41. The first-order valence-corrected chi connectivity index (χ1v) is 5.27. The van der Waals surface area contributed by atoms with Gasteiger partial charge in [-0.2, -0.15) is 13.2 Å². The molecule has 0 spiro atoms. The average Bonchev–Trinajstić information content (AvgIpc) is 2.24. The smallest absolute Gasteiger partial charge is 0.315 e. The van der Waals surface area contributed by atoms with Crippen molar-refractivity contribution in [2.45, 2.75) is 44.9 Å². The predicted octanol–water partition coefficient (Wildman–Crippen LogP) is 2.01. The zero-order valence-electron chi connectivity index (χ0n) is 9.49. The summed E-state index contributed by atoms with van der Waals surface area (Å²) in [4.78, 5) is 1.55. The molecule has 1 aliphatic heterocycles. The van der Waals surface area contributed by atoms with Gasteiger partial charge in [0.25, 0.3) is 0 Å². The first-order chi connectivity index (χ1) is 6.73. The van der Waals surface area contributed by atoms with Crippen LogP contribution in [0, 0.1) is 0 Å². The zero-order valence-corrected chi connectivity index (χ0v) is 9.49. The second kappa shape index (κ2) is 4.29. The number of halogens is 3. The number of hydrogen-bond donors (Lipinski definition) is 1. The summed E-state index contributed by atoms with van der Waals surface area (Å²) in [6.07, 6.45) is -3.38. The Labute approximate surface area is 88.8 Å².